The lowest BCUT2D eigenvalue weighted by Gasteiger charge is -2.05. The van der Waals surface area contributed by atoms with Crippen molar-refractivity contribution in [1.82, 2.24) is 0 Å². The number of aliphatic hydroxyl groups excluding tert-OH is 1. The molecule has 0 bridgehead atoms. The lowest BCUT2D eigenvalue weighted by Crippen LogP contribution is -2.19. The predicted molar refractivity (Wildman–Crippen MR) is 58.4 cm³/mol. The van der Waals surface area contributed by atoms with Crippen LogP contribution in [0.15, 0.2) is 0 Å². The second-order valence-corrected chi connectivity index (χ2v) is 3.07. The van der Waals surface area contributed by atoms with Gasteiger partial charge < -0.3 is 24.1 Å². The van der Waals surface area contributed by atoms with Crippen molar-refractivity contribution in [2.24, 2.45) is 0 Å². The fraction of sp³-hybridized carbons (Fsp3) is 1.00. The van der Waals surface area contributed by atoms with Gasteiger partial charge in [0, 0.05) is 28.4 Å². The van der Waals surface area contributed by atoms with E-state index >= 15 is 0 Å². The highest BCUT2D eigenvalue weighted by Crippen LogP contribution is 1.89. The van der Waals surface area contributed by atoms with E-state index in [-0.39, 0.29) is 13.2 Å². The summed E-state index contributed by atoms with van der Waals surface area (Å²) in [5.41, 5.74) is 0. The van der Waals surface area contributed by atoms with E-state index in [1.807, 2.05) is 0 Å². The summed E-state index contributed by atoms with van der Waals surface area (Å²) in [6, 6.07) is 0. The monoisotopic (exact) mass is 242 g/mol. The molecule has 0 aliphatic carbocycles. The van der Waals surface area contributed by atoms with Crippen LogP contribution in [0.25, 0.3) is 0 Å². The van der Waals surface area contributed by atoms with E-state index in [9.17, 15) is 4.39 Å². The average molecular weight is 242 g/mol. The molecule has 100 valence electrons. The van der Waals surface area contributed by atoms with E-state index in [0.717, 1.165) is 0 Å². The summed E-state index contributed by atoms with van der Waals surface area (Å²) in [7, 11) is 6.00. The van der Waals surface area contributed by atoms with Crippen LogP contribution in [0, 0.1) is 0 Å². The lowest BCUT2D eigenvalue weighted by molar-refractivity contribution is 0.00980. The Balaban J connectivity index is 0. The van der Waals surface area contributed by atoms with Crippen LogP contribution >= 0.6 is 0 Å². The molecule has 1 N–H and O–H groups in total. The summed E-state index contributed by atoms with van der Waals surface area (Å²) in [4.78, 5) is 0. The molecule has 0 aliphatic heterocycles. The van der Waals surface area contributed by atoms with Crippen molar-refractivity contribution in [1.29, 1.82) is 0 Å². The number of alkyl halides is 1. The van der Waals surface area contributed by atoms with Crippen molar-refractivity contribution >= 4 is 0 Å². The van der Waals surface area contributed by atoms with Gasteiger partial charge in [-0.3, -0.25) is 0 Å². The van der Waals surface area contributed by atoms with Gasteiger partial charge in [-0.15, -0.1) is 0 Å². The number of methoxy groups -OCH3 is 4. The van der Waals surface area contributed by atoms with Gasteiger partial charge in [-0.1, -0.05) is 0 Å². The molecule has 16 heavy (non-hydrogen) atoms. The maximum Gasteiger partial charge on any atom is 0.146 e. The van der Waals surface area contributed by atoms with E-state index in [1.54, 1.807) is 14.2 Å². The number of rotatable bonds is 8. The zero-order valence-corrected chi connectivity index (χ0v) is 10.4. The topological polar surface area (TPSA) is 57.2 Å². The fourth-order valence-electron chi connectivity index (χ4n) is 0.843. The standard InChI is InChI=1S/C5H11FO2.C5H12O3/c2*1-7-3-5(6)4-8-2/h5H,3-4H2,1-2H3;5-6H,3-4H2,1-2H3. The first-order chi connectivity index (χ1) is 7.62. The molecular weight excluding hydrogens is 219 g/mol. The van der Waals surface area contributed by atoms with Gasteiger partial charge in [-0.05, 0) is 0 Å². The molecule has 0 unspecified atom stereocenters. The van der Waals surface area contributed by atoms with E-state index in [2.05, 4.69) is 18.9 Å². The third-order valence-electron chi connectivity index (χ3n) is 1.41. The highest BCUT2D eigenvalue weighted by Gasteiger charge is 2.02. The summed E-state index contributed by atoms with van der Waals surface area (Å²) in [6.07, 6.45) is -1.46. The number of hydrogen-bond donors (Lipinski definition) is 1. The van der Waals surface area contributed by atoms with Crippen LogP contribution in [0.4, 0.5) is 4.39 Å². The lowest BCUT2D eigenvalue weighted by atomic mass is 10.4. The van der Waals surface area contributed by atoms with Gasteiger partial charge in [0.1, 0.15) is 12.3 Å². The molecule has 0 fully saturated rings. The number of aliphatic hydroxyl groups is 1. The first-order valence-electron chi connectivity index (χ1n) is 4.90. The molecule has 0 aromatic carbocycles. The van der Waals surface area contributed by atoms with Crippen LogP contribution in [0.1, 0.15) is 0 Å². The summed E-state index contributed by atoms with van der Waals surface area (Å²) in [5.74, 6) is 0. The molecule has 0 spiro atoms. The Labute approximate surface area is 96.4 Å². The van der Waals surface area contributed by atoms with E-state index in [4.69, 9.17) is 5.11 Å². The molecule has 0 atom stereocenters. The highest BCUT2D eigenvalue weighted by atomic mass is 19.1. The van der Waals surface area contributed by atoms with Gasteiger partial charge in [0.15, 0.2) is 0 Å². The second-order valence-electron chi connectivity index (χ2n) is 3.07. The van der Waals surface area contributed by atoms with Crippen molar-refractivity contribution in [2.75, 3.05) is 54.9 Å². The minimum absolute atomic E-state index is 0.119. The van der Waals surface area contributed by atoms with E-state index < -0.39 is 12.3 Å². The summed E-state index contributed by atoms with van der Waals surface area (Å²) >= 11 is 0. The summed E-state index contributed by atoms with van der Waals surface area (Å²) < 4.78 is 30.4. The van der Waals surface area contributed by atoms with Crippen LogP contribution in [0.5, 0.6) is 0 Å². The Kier molecular flexibility index (Phi) is 16.7. The van der Waals surface area contributed by atoms with Gasteiger partial charge in [-0.25, -0.2) is 4.39 Å². The number of hydrogen-bond acceptors (Lipinski definition) is 5. The van der Waals surface area contributed by atoms with Crippen LogP contribution in [0.2, 0.25) is 0 Å². The van der Waals surface area contributed by atoms with Crippen LogP contribution in [-0.2, 0) is 18.9 Å². The summed E-state index contributed by atoms with van der Waals surface area (Å²) in [5, 5.41) is 8.80. The zero-order valence-electron chi connectivity index (χ0n) is 10.4. The largest absolute Gasteiger partial charge is 0.388 e. The van der Waals surface area contributed by atoms with Crippen molar-refractivity contribution in [3.63, 3.8) is 0 Å². The molecule has 0 radical (unpaired) electrons. The van der Waals surface area contributed by atoms with Gasteiger partial charge in [0.05, 0.1) is 26.4 Å². The van der Waals surface area contributed by atoms with Crippen molar-refractivity contribution in [3.05, 3.63) is 0 Å². The SMILES string of the molecule is COCC(F)COC.COCC(O)COC. The van der Waals surface area contributed by atoms with E-state index in [1.165, 1.54) is 14.2 Å². The van der Waals surface area contributed by atoms with Crippen molar-refractivity contribution in [2.45, 2.75) is 12.3 Å². The van der Waals surface area contributed by atoms with Crippen molar-refractivity contribution < 1.29 is 28.4 Å². The average Bonchev–Trinajstić information content (AvgIpc) is 2.20. The Bertz CT molecular complexity index is 99.8. The normalized spacial score (nSPS) is 10.5. The molecule has 0 aliphatic rings. The third kappa shape index (κ3) is 16.2. The molecule has 0 amide bonds. The molecule has 0 saturated heterocycles. The zero-order chi connectivity index (χ0) is 12.8. The Morgan fingerprint density at radius 3 is 1.38 bits per heavy atom. The minimum atomic E-state index is -0.981. The molecule has 5 nitrogen and oxygen atoms in total. The summed E-state index contributed by atoms with van der Waals surface area (Å²) in [6.45, 7) is 0.920. The first kappa shape index (κ1) is 18.1. The predicted octanol–water partition coefficient (Wildman–Crippen LogP) is 0.257. The third-order valence-corrected chi connectivity index (χ3v) is 1.41. The maximum absolute atomic E-state index is 12.2. The van der Waals surface area contributed by atoms with Crippen LogP contribution in [-0.4, -0.2) is 72.2 Å². The van der Waals surface area contributed by atoms with Crippen LogP contribution < -0.4 is 0 Å². The molecule has 0 aromatic heterocycles. The number of halogens is 1. The first-order valence-corrected chi connectivity index (χ1v) is 4.90. The molecule has 0 aromatic rings. The highest BCUT2D eigenvalue weighted by molar-refractivity contribution is 4.49. The molecule has 0 heterocycles. The second kappa shape index (κ2) is 14.7. The smallest absolute Gasteiger partial charge is 0.146 e. The van der Waals surface area contributed by atoms with Gasteiger partial charge in [-0.2, -0.15) is 0 Å². The molecule has 0 saturated carbocycles. The minimum Gasteiger partial charge on any atom is -0.388 e. The molecule has 6 heteroatoms. The van der Waals surface area contributed by atoms with Gasteiger partial charge >= 0.3 is 0 Å². The molecular formula is C10H23FO5. The fourth-order valence-corrected chi connectivity index (χ4v) is 0.843. The van der Waals surface area contributed by atoms with Gasteiger partial charge in [0.25, 0.3) is 0 Å². The van der Waals surface area contributed by atoms with Crippen molar-refractivity contribution in [3.8, 4) is 0 Å². The Morgan fingerprint density at radius 1 is 0.812 bits per heavy atom. The maximum atomic E-state index is 12.2. The quantitative estimate of drug-likeness (QED) is 0.661. The number of ether oxygens (including phenoxy) is 4. The van der Waals surface area contributed by atoms with Crippen LogP contribution in [0.3, 0.4) is 0 Å². The Hall–Kier alpha value is -0.270. The Morgan fingerprint density at radius 2 is 1.12 bits per heavy atom. The van der Waals surface area contributed by atoms with E-state index in [0.29, 0.717) is 13.2 Å². The van der Waals surface area contributed by atoms with Gasteiger partial charge in [0.2, 0.25) is 0 Å². The molecule has 0 rings (SSSR count).